The van der Waals surface area contributed by atoms with Crippen molar-refractivity contribution in [2.45, 2.75) is 44.7 Å². The van der Waals surface area contributed by atoms with Gasteiger partial charge in [0.25, 0.3) is 10.0 Å². The van der Waals surface area contributed by atoms with Crippen molar-refractivity contribution >= 4 is 27.5 Å². The Hall–Kier alpha value is -4.90. The highest BCUT2D eigenvalue weighted by Crippen LogP contribution is 2.27. The first kappa shape index (κ1) is 35.9. The largest absolute Gasteiger partial charge is 0.497 e. The molecule has 0 saturated heterocycles. The molecule has 4 aromatic carbocycles. The van der Waals surface area contributed by atoms with Crippen LogP contribution in [0.4, 0.5) is 10.1 Å². The van der Waals surface area contributed by atoms with Crippen LogP contribution in [0, 0.1) is 11.7 Å². The number of hydrogen-bond donors (Lipinski definition) is 1. The van der Waals surface area contributed by atoms with E-state index in [-0.39, 0.29) is 35.4 Å². The molecule has 254 valence electrons. The van der Waals surface area contributed by atoms with Crippen LogP contribution in [-0.4, -0.2) is 58.0 Å². The fourth-order valence-corrected chi connectivity index (χ4v) is 6.50. The van der Waals surface area contributed by atoms with Gasteiger partial charge in [0.1, 0.15) is 29.9 Å². The normalized spacial score (nSPS) is 11.9. The molecule has 9 nitrogen and oxygen atoms in total. The molecule has 0 aliphatic rings. The zero-order chi connectivity index (χ0) is 34.7. The maximum absolute atomic E-state index is 14.6. The fourth-order valence-electron chi connectivity index (χ4n) is 5.08. The molecular weight excluding hydrogens is 633 g/mol. The molecule has 1 N–H and O–H groups in total. The standard InChI is InChI=1S/C37H42FN3O6S/c1-5-47-32-18-20-34(21-19-32)48(44,45)41(31-16-14-30(38)15-17-31)26-36(42)40(25-29-12-9-13-33(22-29)46-4)35(37(43)39-24-27(2)3)23-28-10-7-6-8-11-28/h6-22,27,35H,5,23-26H2,1-4H3,(H,39,43)/t35-/m0/s1. The third-order valence-corrected chi connectivity index (χ3v) is 9.35. The van der Waals surface area contributed by atoms with Gasteiger partial charge in [0, 0.05) is 19.5 Å². The molecule has 4 rings (SSSR count). The van der Waals surface area contributed by atoms with Gasteiger partial charge in [0.15, 0.2) is 0 Å². The molecule has 0 saturated carbocycles. The number of amides is 2. The van der Waals surface area contributed by atoms with Crippen molar-refractivity contribution < 1.29 is 31.9 Å². The Bertz CT molecular complexity index is 1750. The van der Waals surface area contributed by atoms with E-state index >= 15 is 0 Å². The Labute approximate surface area is 282 Å². The number of nitrogens with one attached hydrogen (secondary N) is 1. The van der Waals surface area contributed by atoms with Crippen LogP contribution in [0.3, 0.4) is 0 Å². The molecule has 48 heavy (non-hydrogen) atoms. The maximum atomic E-state index is 14.6. The minimum atomic E-state index is -4.35. The number of halogens is 1. The van der Waals surface area contributed by atoms with Gasteiger partial charge < -0.3 is 19.7 Å². The first-order chi connectivity index (χ1) is 23.0. The van der Waals surface area contributed by atoms with Crippen LogP contribution in [-0.2, 0) is 32.6 Å². The Kier molecular flexibility index (Phi) is 12.6. The van der Waals surface area contributed by atoms with Gasteiger partial charge in [-0.1, -0.05) is 56.3 Å². The molecule has 11 heteroatoms. The highest BCUT2D eigenvalue weighted by molar-refractivity contribution is 7.92. The fraction of sp³-hybridized carbons (Fsp3) is 0.297. The molecule has 0 bridgehead atoms. The van der Waals surface area contributed by atoms with Crippen molar-refractivity contribution in [3.05, 3.63) is 120 Å². The highest BCUT2D eigenvalue weighted by atomic mass is 32.2. The molecule has 4 aromatic rings. The van der Waals surface area contributed by atoms with Crippen molar-refractivity contribution in [1.29, 1.82) is 0 Å². The number of carbonyl (C=O) groups excluding carboxylic acids is 2. The van der Waals surface area contributed by atoms with Crippen LogP contribution in [0.25, 0.3) is 0 Å². The predicted octanol–water partition coefficient (Wildman–Crippen LogP) is 5.84. The second-order valence-electron chi connectivity index (χ2n) is 11.6. The van der Waals surface area contributed by atoms with E-state index in [1.807, 2.05) is 57.2 Å². The Morgan fingerprint density at radius 2 is 1.52 bits per heavy atom. The summed E-state index contributed by atoms with van der Waals surface area (Å²) in [6.45, 7) is 5.88. The molecule has 0 aromatic heterocycles. The van der Waals surface area contributed by atoms with Gasteiger partial charge in [-0.3, -0.25) is 13.9 Å². The summed E-state index contributed by atoms with van der Waals surface area (Å²) in [5.74, 6) is -0.352. The minimum absolute atomic E-state index is 0.0109. The molecule has 1 atom stereocenters. The van der Waals surface area contributed by atoms with E-state index in [1.165, 1.54) is 48.4 Å². The van der Waals surface area contributed by atoms with Crippen LogP contribution >= 0.6 is 0 Å². The summed E-state index contributed by atoms with van der Waals surface area (Å²) >= 11 is 0. The number of anilines is 1. The first-order valence-electron chi connectivity index (χ1n) is 15.8. The number of ether oxygens (including phenoxy) is 2. The van der Waals surface area contributed by atoms with E-state index < -0.39 is 34.3 Å². The lowest BCUT2D eigenvalue weighted by Gasteiger charge is -2.34. The summed E-state index contributed by atoms with van der Waals surface area (Å²) in [7, 11) is -2.82. The SMILES string of the molecule is CCOc1ccc(S(=O)(=O)N(CC(=O)N(Cc2cccc(OC)c2)[C@@H](Cc2ccccc2)C(=O)NCC(C)C)c2ccc(F)cc2)cc1. The molecule has 0 heterocycles. The molecule has 0 aliphatic carbocycles. The smallest absolute Gasteiger partial charge is 0.264 e. The molecular formula is C37H42FN3O6S. The summed E-state index contributed by atoms with van der Waals surface area (Å²) in [5.41, 5.74) is 1.59. The third-order valence-electron chi connectivity index (χ3n) is 7.56. The van der Waals surface area contributed by atoms with E-state index in [0.717, 1.165) is 22.0 Å². The second kappa shape index (κ2) is 16.8. The van der Waals surface area contributed by atoms with Gasteiger partial charge in [0.05, 0.1) is 24.3 Å². The first-order valence-corrected chi connectivity index (χ1v) is 17.2. The van der Waals surface area contributed by atoms with Gasteiger partial charge in [0.2, 0.25) is 11.8 Å². The number of rotatable bonds is 16. The molecule has 0 unspecified atom stereocenters. The van der Waals surface area contributed by atoms with Gasteiger partial charge in [-0.05, 0) is 84.6 Å². The minimum Gasteiger partial charge on any atom is -0.497 e. The number of sulfonamides is 1. The predicted molar refractivity (Wildman–Crippen MR) is 184 cm³/mol. The summed E-state index contributed by atoms with van der Waals surface area (Å²) in [6, 6.07) is 26.2. The van der Waals surface area contributed by atoms with Crippen LogP contribution in [0.15, 0.2) is 108 Å². The summed E-state index contributed by atoms with van der Waals surface area (Å²) in [6.07, 6.45) is 0.183. The Morgan fingerprint density at radius 1 is 0.854 bits per heavy atom. The van der Waals surface area contributed by atoms with Gasteiger partial charge in [-0.15, -0.1) is 0 Å². The lowest BCUT2D eigenvalue weighted by molar-refractivity contribution is -0.140. The summed E-state index contributed by atoms with van der Waals surface area (Å²) in [4.78, 5) is 29.8. The second-order valence-corrected chi connectivity index (χ2v) is 13.5. The molecule has 0 aliphatic heterocycles. The molecule has 0 fully saturated rings. The number of methoxy groups -OCH3 is 1. The monoisotopic (exact) mass is 675 g/mol. The lowest BCUT2D eigenvalue weighted by atomic mass is 10.0. The summed E-state index contributed by atoms with van der Waals surface area (Å²) < 4.78 is 54.2. The lowest BCUT2D eigenvalue weighted by Crippen LogP contribution is -2.53. The third kappa shape index (κ3) is 9.57. The zero-order valence-corrected chi connectivity index (χ0v) is 28.5. The van der Waals surface area contributed by atoms with Gasteiger partial charge in [-0.25, -0.2) is 12.8 Å². The quantitative estimate of drug-likeness (QED) is 0.160. The van der Waals surface area contributed by atoms with Crippen molar-refractivity contribution in [2.75, 3.05) is 31.1 Å². The van der Waals surface area contributed by atoms with Crippen LogP contribution in [0.1, 0.15) is 31.9 Å². The van der Waals surface area contributed by atoms with Crippen molar-refractivity contribution in [3.63, 3.8) is 0 Å². The van der Waals surface area contributed by atoms with Gasteiger partial charge in [-0.2, -0.15) is 0 Å². The zero-order valence-electron chi connectivity index (χ0n) is 27.6. The topological polar surface area (TPSA) is 105 Å². The molecule has 0 spiro atoms. The maximum Gasteiger partial charge on any atom is 0.264 e. The van der Waals surface area contributed by atoms with Crippen molar-refractivity contribution in [2.24, 2.45) is 5.92 Å². The average molecular weight is 676 g/mol. The molecule has 0 radical (unpaired) electrons. The van der Waals surface area contributed by atoms with E-state index in [0.29, 0.717) is 30.2 Å². The van der Waals surface area contributed by atoms with Crippen LogP contribution < -0.4 is 19.1 Å². The number of benzene rings is 4. The van der Waals surface area contributed by atoms with Crippen LogP contribution in [0.2, 0.25) is 0 Å². The number of hydrogen-bond acceptors (Lipinski definition) is 6. The van der Waals surface area contributed by atoms with E-state index in [4.69, 9.17) is 9.47 Å². The average Bonchev–Trinajstić information content (AvgIpc) is 3.09. The number of nitrogens with zero attached hydrogens (tertiary/aromatic N) is 2. The highest BCUT2D eigenvalue weighted by Gasteiger charge is 2.34. The Balaban J connectivity index is 1.80. The Morgan fingerprint density at radius 3 is 2.15 bits per heavy atom. The van der Waals surface area contributed by atoms with Crippen molar-refractivity contribution in [3.8, 4) is 11.5 Å². The van der Waals surface area contributed by atoms with E-state index in [2.05, 4.69) is 5.32 Å². The number of carbonyl (C=O) groups is 2. The van der Waals surface area contributed by atoms with Gasteiger partial charge >= 0.3 is 0 Å². The summed E-state index contributed by atoms with van der Waals surface area (Å²) in [5, 5.41) is 2.97. The van der Waals surface area contributed by atoms with E-state index in [9.17, 15) is 22.4 Å². The van der Waals surface area contributed by atoms with Crippen molar-refractivity contribution in [1.82, 2.24) is 10.2 Å². The van der Waals surface area contributed by atoms with Crippen LogP contribution in [0.5, 0.6) is 11.5 Å². The van der Waals surface area contributed by atoms with E-state index in [1.54, 1.807) is 18.2 Å². The molecule has 2 amide bonds.